The molecule has 0 atom stereocenters. The number of aromatic nitrogens is 1. The lowest BCUT2D eigenvalue weighted by molar-refractivity contribution is -0.255. The molecule has 5 heteroatoms. The molecule has 0 unspecified atom stereocenters. The molecule has 1 heterocycles. The van der Waals surface area contributed by atoms with Gasteiger partial charge >= 0.3 is 0 Å². The smallest absolute Gasteiger partial charge is 0.115 e. The Morgan fingerprint density at radius 2 is 2.00 bits per heavy atom. The molecule has 2 aromatic rings. The summed E-state index contributed by atoms with van der Waals surface area (Å²) in [6.45, 7) is 3.79. The molecular weight excluding hydrogens is 284 g/mol. The van der Waals surface area contributed by atoms with Crippen LogP contribution in [-0.4, -0.2) is 11.0 Å². The van der Waals surface area contributed by atoms with Crippen molar-refractivity contribution in [1.82, 2.24) is 4.98 Å². The zero-order valence-electron chi connectivity index (χ0n) is 11.7. The number of carboxylic acids is 1. The number of hydrogen-bond acceptors (Lipinski definition) is 5. The molecule has 0 aliphatic carbocycles. The van der Waals surface area contributed by atoms with Crippen LogP contribution < -0.4 is 5.11 Å². The summed E-state index contributed by atoms with van der Waals surface area (Å²) in [5.74, 6) is -0.560. The Balaban J connectivity index is 2.17. The lowest BCUT2D eigenvalue weighted by Gasteiger charge is -2.08. The molecule has 2 rings (SSSR count). The minimum atomic E-state index is -1.18. The highest BCUT2D eigenvalue weighted by Crippen LogP contribution is 2.26. The zero-order chi connectivity index (χ0) is 15.4. The van der Waals surface area contributed by atoms with E-state index in [2.05, 4.69) is 11.1 Å². The van der Waals surface area contributed by atoms with Crippen molar-refractivity contribution in [3.05, 3.63) is 58.3 Å². The predicted octanol–water partition coefficient (Wildman–Crippen LogP) is 2.23. The number of hydrogen-bond donors (Lipinski definition) is 0. The lowest BCUT2D eigenvalue weighted by Crippen LogP contribution is -2.21. The van der Waals surface area contributed by atoms with Crippen LogP contribution in [0.15, 0.2) is 35.4 Å². The van der Waals surface area contributed by atoms with Crippen molar-refractivity contribution < 1.29 is 9.90 Å². The molecule has 0 spiro atoms. The van der Waals surface area contributed by atoms with E-state index in [0.29, 0.717) is 16.3 Å². The summed E-state index contributed by atoms with van der Waals surface area (Å²) in [5, 5.41) is 20.6. The lowest BCUT2D eigenvalue weighted by atomic mass is 10.1. The van der Waals surface area contributed by atoms with Crippen LogP contribution in [0.2, 0.25) is 0 Å². The maximum absolute atomic E-state index is 10.7. The first-order valence-electron chi connectivity index (χ1n) is 6.32. The van der Waals surface area contributed by atoms with Crippen LogP contribution in [0.1, 0.15) is 32.7 Å². The molecule has 0 saturated heterocycles. The van der Waals surface area contributed by atoms with Crippen molar-refractivity contribution >= 4 is 17.7 Å². The average Bonchev–Trinajstić information content (AvgIpc) is 2.45. The summed E-state index contributed by atoms with van der Waals surface area (Å²) in [5.41, 5.74) is 3.51. The third-order valence-electron chi connectivity index (χ3n) is 2.99. The molecule has 0 aliphatic heterocycles. The van der Waals surface area contributed by atoms with Gasteiger partial charge in [0.25, 0.3) is 0 Å². The van der Waals surface area contributed by atoms with E-state index >= 15 is 0 Å². The van der Waals surface area contributed by atoms with Gasteiger partial charge in [-0.05, 0) is 36.6 Å². The Morgan fingerprint density at radius 1 is 1.33 bits per heavy atom. The average molecular weight is 297 g/mol. The van der Waals surface area contributed by atoms with Gasteiger partial charge in [0, 0.05) is 11.4 Å². The first-order chi connectivity index (χ1) is 10.0. The fraction of sp³-hybridized carbons (Fsp3) is 0.188. The minimum Gasteiger partial charge on any atom is -0.545 e. The number of pyridine rings is 1. The second-order valence-electron chi connectivity index (χ2n) is 4.65. The van der Waals surface area contributed by atoms with E-state index in [1.165, 1.54) is 23.9 Å². The van der Waals surface area contributed by atoms with Crippen LogP contribution in [0.4, 0.5) is 0 Å². The predicted molar refractivity (Wildman–Crippen MR) is 78.8 cm³/mol. The summed E-state index contributed by atoms with van der Waals surface area (Å²) in [4.78, 5) is 15.1. The van der Waals surface area contributed by atoms with E-state index in [1.54, 1.807) is 12.1 Å². The molecule has 0 bridgehead atoms. The normalized spacial score (nSPS) is 10.1. The van der Waals surface area contributed by atoms with Gasteiger partial charge in [-0.2, -0.15) is 5.26 Å². The van der Waals surface area contributed by atoms with Crippen molar-refractivity contribution in [2.75, 3.05) is 0 Å². The van der Waals surface area contributed by atoms with Gasteiger partial charge in [0.1, 0.15) is 11.1 Å². The molecule has 21 heavy (non-hydrogen) atoms. The molecule has 0 aliphatic rings. The van der Waals surface area contributed by atoms with Crippen molar-refractivity contribution in [1.29, 1.82) is 5.26 Å². The minimum absolute atomic E-state index is 0.158. The largest absolute Gasteiger partial charge is 0.545 e. The number of carboxylic acid groups (broad SMARTS) is 1. The number of rotatable bonds is 4. The summed E-state index contributed by atoms with van der Waals surface area (Å²) in [6, 6.07) is 10.6. The van der Waals surface area contributed by atoms with Gasteiger partial charge < -0.3 is 9.90 Å². The number of nitrogens with zero attached hydrogens (tertiary/aromatic N) is 2. The molecule has 4 nitrogen and oxygen atoms in total. The molecule has 0 radical (unpaired) electrons. The number of aryl methyl sites for hydroxylation is 2. The summed E-state index contributed by atoms with van der Waals surface area (Å²) < 4.78 is 0. The highest BCUT2D eigenvalue weighted by atomic mass is 32.2. The fourth-order valence-electron chi connectivity index (χ4n) is 1.93. The van der Waals surface area contributed by atoms with E-state index in [0.717, 1.165) is 16.8 Å². The molecule has 0 fully saturated rings. The van der Waals surface area contributed by atoms with Gasteiger partial charge in [0.05, 0.1) is 11.5 Å². The number of carbonyl (C=O) groups is 1. The molecule has 106 valence electrons. The van der Waals surface area contributed by atoms with Gasteiger partial charge in [-0.15, -0.1) is 11.8 Å². The van der Waals surface area contributed by atoms with Crippen molar-refractivity contribution in [3.63, 3.8) is 0 Å². The van der Waals surface area contributed by atoms with E-state index in [9.17, 15) is 15.2 Å². The Labute approximate surface area is 127 Å². The summed E-state index contributed by atoms with van der Waals surface area (Å²) in [6.07, 6.45) is 0. The number of thioether (sulfide) groups is 1. The molecule has 0 saturated carbocycles. The molecular formula is C16H13N2O2S-. The highest BCUT2D eigenvalue weighted by molar-refractivity contribution is 7.98. The maximum Gasteiger partial charge on any atom is 0.115 e. The summed E-state index contributed by atoms with van der Waals surface area (Å²) >= 11 is 1.47. The van der Waals surface area contributed by atoms with E-state index in [-0.39, 0.29) is 5.56 Å². The monoisotopic (exact) mass is 297 g/mol. The highest BCUT2D eigenvalue weighted by Gasteiger charge is 2.09. The topological polar surface area (TPSA) is 76.8 Å². The van der Waals surface area contributed by atoms with Crippen molar-refractivity contribution in [3.8, 4) is 6.07 Å². The number of nitriles is 1. The van der Waals surface area contributed by atoms with Gasteiger partial charge in [0.15, 0.2) is 0 Å². The van der Waals surface area contributed by atoms with E-state index < -0.39 is 5.97 Å². The van der Waals surface area contributed by atoms with Gasteiger partial charge in [-0.1, -0.05) is 24.3 Å². The molecule has 1 aromatic carbocycles. The number of benzene rings is 1. The van der Waals surface area contributed by atoms with Crippen LogP contribution in [0.5, 0.6) is 0 Å². The second-order valence-corrected chi connectivity index (χ2v) is 5.61. The van der Waals surface area contributed by atoms with Crippen molar-refractivity contribution in [2.45, 2.75) is 24.6 Å². The van der Waals surface area contributed by atoms with Crippen molar-refractivity contribution in [2.24, 2.45) is 0 Å². The van der Waals surface area contributed by atoms with Crippen LogP contribution in [0.3, 0.4) is 0 Å². The maximum atomic E-state index is 10.7. The van der Waals surface area contributed by atoms with Gasteiger partial charge in [0.2, 0.25) is 0 Å². The molecule has 0 amide bonds. The molecule has 1 aromatic heterocycles. The van der Waals surface area contributed by atoms with Gasteiger partial charge in [-0.25, -0.2) is 4.98 Å². The third kappa shape index (κ3) is 3.61. The standard InChI is InChI=1S/C16H14N2O2S/c1-10-7-11(2)18-15(14(10)8-17)21-9-12-3-5-13(6-4-12)16(19)20/h3-7H,9H2,1-2H3,(H,19,20)/p-1. The first kappa shape index (κ1) is 15.1. The van der Waals surface area contributed by atoms with Crippen LogP contribution in [0.25, 0.3) is 0 Å². The zero-order valence-corrected chi connectivity index (χ0v) is 12.5. The van der Waals surface area contributed by atoms with E-state index in [4.69, 9.17) is 0 Å². The fourth-order valence-corrected chi connectivity index (χ4v) is 2.99. The number of carbonyl (C=O) groups excluding carboxylic acids is 1. The SMILES string of the molecule is Cc1cc(C)c(C#N)c(SCc2ccc(C(=O)[O-])cc2)n1. The summed E-state index contributed by atoms with van der Waals surface area (Å²) in [7, 11) is 0. The quantitative estimate of drug-likeness (QED) is 0.809. The second kappa shape index (κ2) is 6.42. The Morgan fingerprint density at radius 3 is 2.57 bits per heavy atom. The number of aromatic carboxylic acids is 1. The van der Waals surface area contributed by atoms with E-state index in [1.807, 2.05) is 19.9 Å². The first-order valence-corrected chi connectivity index (χ1v) is 7.31. The van der Waals surface area contributed by atoms with Gasteiger partial charge in [-0.3, -0.25) is 0 Å². The molecule has 0 N–H and O–H groups in total. The van der Waals surface area contributed by atoms with Crippen LogP contribution in [0, 0.1) is 25.2 Å². The Bertz CT molecular complexity index is 718. The van der Waals surface area contributed by atoms with Crippen LogP contribution >= 0.6 is 11.8 Å². The third-order valence-corrected chi connectivity index (χ3v) is 4.04. The Hall–Kier alpha value is -2.32. The van der Waals surface area contributed by atoms with Crippen LogP contribution in [-0.2, 0) is 5.75 Å². The Kier molecular flexibility index (Phi) is 4.61.